The number of nitro benzene ring substituents is 1. The number of non-ortho nitro benzene ring substituents is 1. The summed E-state index contributed by atoms with van der Waals surface area (Å²) in [5, 5.41) is 20.0. The average molecular weight is 261 g/mol. The summed E-state index contributed by atoms with van der Waals surface area (Å²) in [6, 6.07) is 7.00. The van der Waals surface area contributed by atoms with Gasteiger partial charge in [0, 0.05) is 17.7 Å². The summed E-state index contributed by atoms with van der Waals surface area (Å²) < 4.78 is 13.7. The number of carbonyl (C=O) groups excluding carboxylic acids is 1. The predicted molar refractivity (Wildman–Crippen MR) is 65.5 cm³/mol. The van der Waals surface area contributed by atoms with Gasteiger partial charge in [0.05, 0.1) is 10.5 Å². The van der Waals surface area contributed by atoms with Crippen LogP contribution in [0.5, 0.6) is 5.75 Å². The number of benzene rings is 2. The molecular formula is C13H8FNO4. The lowest BCUT2D eigenvalue weighted by molar-refractivity contribution is -0.384. The normalized spacial score (nSPS) is 10.2. The third-order valence-corrected chi connectivity index (χ3v) is 2.63. The van der Waals surface area contributed by atoms with Crippen LogP contribution in [0.3, 0.4) is 0 Å². The molecule has 0 unspecified atom stereocenters. The standard InChI is InChI=1S/C13H8FNO4/c14-12-3-2-10(15(18)19)6-11(12)8-1-4-13(17)9(5-8)7-16/h1-7,17H. The van der Waals surface area contributed by atoms with E-state index in [1.165, 1.54) is 18.2 Å². The minimum Gasteiger partial charge on any atom is -0.507 e. The zero-order valence-corrected chi connectivity index (χ0v) is 9.54. The molecule has 19 heavy (non-hydrogen) atoms. The molecule has 0 amide bonds. The number of carbonyl (C=O) groups is 1. The van der Waals surface area contributed by atoms with Crippen molar-refractivity contribution in [2.45, 2.75) is 0 Å². The third kappa shape index (κ3) is 2.42. The molecular weight excluding hydrogens is 253 g/mol. The first-order valence-corrected chi connectivity index (χ1v) is 5.25. The second-order valence-electron chi connectivity index (χ2n) is 3.81. The van der Waals surface area contributed by atoms with Crippen molar-refractivity contribution in [1.29, 1.82) is 0 Å². The van der Waals surface area contributed by atoms with Gasteiger partial charge in [-0.05, 0) is 23.8 Å². The average Bonchev–Trinajstić information content (AvgIpc) is 2.40. The van der Waals surface area contributed by atoms with Gasteiger partial charge in [-0.15, -0.1) is 0 Å². The maximum atomic E-state index is 13.7. The first-order chi connectivity index (χ1) is 9.02. The van der Waals surface area contributed by atoms with Crippen LogP contribution in [-0.4, -0.2) is 16.3 Å². The maximum absolute atomic E-state index is 13.7. The molecule has 0 saturated heterocycles. The third-order valence-electron chi connectivity index (χ3n) is 2.63. The maximum Gasteiger partial charge on any atom is 0.270 e. The molecule has 0 aromatic heterocycles. The molecule has 2 rings (SSSR count). The van der Waals surface area contributed by atoms with Gasteiger partial charge in [0.2, 0.25) is 0 Å². The second kappa shape index (κ2) is 4.85. The number of nitrogens with zero attached hydrogens (tertiary/aromatic N) is 1. The zero-order chi connectivity index (χ0) is 14.0. The molecule has 6 heteroatoms. The van der Waals surface area contributed by atoms with Crippen LogP contribution in [0.25, 0.3) is 11.1 Å². The number of aldehydes is 1. The van der Waals surface area contributed by atoms with E-state index in [1.54, 1.807) is 0 Å². The highest BCUT2D eigenvalue weighted by Crippen LogP contribution is 2.29. The minimum absolute atomic E-state index is 0.00250. The molecule has 0 radical (unpaired) electrons. The lowest BCUT2D eigenvalue weighted by Crippen LogP contribution is -1.92. The van der Waals surface area contributed by atoms with Gasteiger partial charge in [0.25, 0.3) is 5.69 Å². The van der Waals surface area contributed by atoms with Gasteiger partial charge in [0.15, 0.2) is 6.29 Å². The summed E-state index contributed by atoms with van der Waals surface area (Å²) in [4.78, 5) is 20.7. The summed E-state index contributed by atoms with van der Waals surface area (Å²) >= 11 is 0. The van der Waals surface area contributed by atoms with E-state index in [-0.39, 0.29) is 28.1 Å². The topological polar surface area (TPSA) is 80.4 Å². The first-order valence-electron chi connectivity index (χ1n) is 5.25. The highest BCUT2D eigenvalue weighted by atomic mass is 19.1. The van der Waals surface area contributed by atoms with Crippen molar-refractivity contribution in [3.05, 3.63) is 57.9 Å². The molecule has 0 aliphatic carbocycles. The van der Waals surface area contributed by atoms with E-state index >= 15 is 0 Å². The molecule has 2 aromatic carbocycles. The van der Waals surface area contributed by atoms with Crippen LogP contribution < -0.4 is 0 Å². The Kier molecular flexibility index (Phi) is 3.24. The number of aromatic hydroxyl groups is 1. The number of phenols is 1. The van der Waals surface area contributed by atoms with Crippen LogP contribution in [-0.2, 0) is 0 Å². The Morgan fingerprint density at radius 3 is 2.58 bits per heavy atom. The van der Waals surface area contributed by atoms with Crippen LogP contribution in [0.1, 0.15) is 10.4 Å². The summed E-state index contributed by atoms with van der Waals surface area (Å²) in [6.45, 7) is 0. The van der Waals surface area contributed by atoms with E-state index in [0.717, 1.165) is 18.2 Å². The highest BCUT2D eigenvalue weighted by molar-refractivity contribution is 5.83. The molecule has 0 bridgehead atoms. The Morgan fingerprint density at radius 2 is 1.95 bits per heavy atom. The van der Waals surface area contributed by atoms with E-state index in [9.17, 15) is 24.4 Å². The molecule has 96 valence electrons. The van der Waals surface area contributed by atoms with Gasteiger partial charge >= 0.3 is 0 Å². The van der Waals surface area contributed by atoms with E-state index in [0.29, 0.717) is 6.29 Å². The smallest absolute Gasteiger partial charge is 0.270 e. The molecule has 0 saturated carbocycles. The van der Waals surface area contributed by atoms with Crippen LogP contribution >= 0.6 is 0 Å². The minimum atomic E-state index is -0.645. The van der Waals surface area contributed by atoms with Gasteiger partial charge in [-0.25, -0.2) is 4.39 Å². The molecule has 1 N–H and O–H groups in total. The van der Waals surface area contributed by atoms with Crippen molar-refractivity contribution >= 4 is 12.0 Å². The fourth-order valence-electron chi connectivity index (χ4n) is 1.66. The van der Waals surface area contributed by atoms with E-state index in [1.807, 2.05) is 0 Å². The fourth-order valence-corrected chi connectivity index (χ4v) is 1.66. The Hall–Kier alpha value is -2.76. The zero-order valence-electron chi connectivity index (χ0n) is 9.54. The van der Waals surface area contributed by atoms with Crippen molar-refractivity contribution in [2.75, 3.05) is 0 Å². The van der Waals surface area contributed by atoms with Crippen molar-refractivity contribution in [1.82, 2.24) is 0 Å². The number of hydrogen-bond donors (Lipinski definition) is 1. The lowest BCUT2D eigenvalue weighted by Gasteiger charge is -2.05. The molecule has 0 aliphatic heterocycles. The van der Waals surface area contributed by atoms with Gasteiger partial charge in [-0.1, -0.05) is 6.07 Å². The van der Waals surface area contributed by atoms with Crippen molar-refractivity contribution in [2.24, 2.45) is 0 Å². The van der Waals surface area contributed by atoms with Crippen LogP contribution in [0.2, 0.25) is 0 Å². The van der Waals surface area contributed by atoms with Crippen molar-refractivity contribution in [3.8, 4) is 16.9 Å². The summed E-state index contributed by atoms with van der Waals surface area (Å²) in [5.41, 5.74) is 0.0129. The number of nitro groups is 1. The molecule has 0 fully saturated rings. The Bertz CT molecular complexity index is 670. The number of rotatable bonds is 3. The Morgan fingerprint density at radius 1 is 1.21 bits per heavy atom. The van der Waals surface area contributed by atoms with Gasteiger partial charge in [0.1, 0.15) is 11.6 Å². The van der Waals surface area contributed by atoms with Gasteiger partial charge in [-0.3, -0.25) is 14.9 Å². The van der Waals surface area contributed by atoms with Gasteiger partial charge in [-0.2, -0.15) is 0 Å². The van der Waals surface area contributed by atoms with Gasteiger partial charge < -0.3 is 5.11 Å². The van der Waals surface area contributed by atoms with E-state index < -0.39 is 10.7 Å². The SMILES string of the molecule is O=Cc1cc(-c2cc([N+](=O)[O-])ccc2F)ccc1O. The number of hydrogen-bond acceptors (Lipinski definition) is 4. The van der Waals surface area contributed by atoms with Crippen LogP contribution in [0, 0.1) is 15.9 Å². The summed E-state index contributed by atoms with van der Waals surface area (Å²) in [5.74, 6) is -0.877. The predicted octanol–water partition coefficient (Wildman–Crippen LogP) is 2.92. The summed E-state index contributed by atoms with van der Waals surface area (Å²) in [6.07, 6.45) is 0.425. The van der Waals surface area contributed by atoms with E-state index in [4.69, 9.17) is 0 Å². The molecule has 0 heterocycles. The molecule has 0 spiro atoms. The quantitative estimate of drug-likeness (QED) is 0.523. The lowest BCUT2D eigenvalue weighted by atomic mass is 10.0. The number of halogens is 1. The Labute approximate surface area is 107 Å². The van der Waals surface area contributed by atoms with Crippen LogP contribution in [0.4, 0.5) is 10.1 Å². The fraction of sp³-hybridized carbons (Fsp3) is 0. The van der Waals surface area contributed by atoms with Crippen LogP contribution in [0.15, 0.2) is 36.4 Å². The highest BCUT2D eigenvalue weighted by Gasteiger charge is 2.13. The number of phenolic OH excluding ortho intramolecular Hbond substituents is 1. The molecule has 5 nitrogen and oxygen atoms in total. The monoisotopic (exact) mass is 261 g/mol. The van der Waals surface area contributed by atoms with E-state index in [2.05, 4.69) is 0 Å². The van der Waals surface area contributed by atoms with Crippen molar-refractivity contribution < 1.29 is 19.2 Å². The first kappa shape index (κ1) is 12.7. The largest absolute Gasteiger partial charge is 0.507 e. The summed E-state index contributed by atoms with van der Waals surface area (Å²) in [7, 11) is 0. The second-order valence-corrected chi connectivity index (χ2v) is 3.81. The van der Waals surface area contributed by atoms with Crippen molar-refractivity contribution in [3.63, 3.8) is 0 Å². The molecule has 0 aliphatic rings. The molecule has 0 atom stereocenters. The molecule has 2 aromatic rings. The Balaban J connectivity index is 2.60.